The number of hydrogen-bond donors (Lipinski definition) is 2. The first kappa shape index (κ1) is 21.8. The van der Waals surface area contributed by atoms with Crippen molar-refractivity contribution in [3.63, 3.8) is 0 Å². The molecule has 3 rings (SSSR count). The fraction of sp³-hybridized carbons (Fsp3) is 0.174. The van der Waals surface area contributed by atoms with Gasteiger partial charge in [0.2, 0.25) is 0 Å². The Morgan fingerprint density at radius 3 is 2.13 bits per heavy atom. The monoisotopic (exact) mass is 422 g/mol. The number of methoxy groups -OCH3 is 2. The molecule has 160 valence electrons. The Labute approximate surface area is 179 Å². The SMILES string of the molecule is COC(=O)C(Nc1ccccc1)(c1ccc(OC)cc1)C(O)c1ccc([N+](=O)[O-])cc1. The van der Waals surface area contributed by atoms with Gasteiger partial charge in [-0.05, 0) is 47.5 Å². The van der Waals surface area contributed by atoms with Crippen molar-refractivity contribution < 1.29 is 24.3 Å². The third-order valence-corrected chi connectivity index (χ3v) is 5.00. The Bertz CT molecular complexity index is 1040. The van der Waals surface area contributed by atoms with Crippen LogP contribution in [0, 0.1) is 10.1 Å². The maximum Gasteiger partial charge on any atom is 0.339 e. The van der Waals surface area contributed by atoms with Gasteiger partial charge in [-0.25, -0.2) is 4.79 Å². The molecule has 0 aliphatic rings. The molecule has 0 radical (unpaired) electrons. The van der Waals surface area contributed by atoms with Crippen molar-refractivity contribution in [3.8, 4) is 5.75 Å². The van der Waals surface area contributed by atoms with Crippen LogP contribution < -0.4 is 10.1 Å². The van der Waals surface area contributed by atoms with Gasteiger partial charge in [0.1, 0.15) is 11.9 Å². The van der Waals surface area contributed by atoms with Crippen LogP contribution in [0.3, 0.4) is 0 Å². The molecule has 2 N–H and O–H groups in total. The highest BCUT2D eigenvalue weighted by Gasteiger charge is 2.49. The Morgan fingerprint density at radius 1 is 1.00 bits per heavy atom. The highest BCUT2D eigenvalue weighted by atomic mass is 16.6. The van der Waals surface area contributed by atoms with Crippen molar-refractivity contribution in [3.05, 3.63) is 100 Å². The number of nitro benzene ring substituents is 1. The third kappa shape index (κ3) is 4.34. The minimum absolute atomic E-state index is 0.125. The van der Waals surface area contributed by atoms with Gasteiger partial charge in [0, 0.05) is 17.8 Å². The molecule has 0 amide bonds. The number of esters is 1. The standard InChI is InChI=1S/C23H22N2O6/c1-30-20-14-10-17(11-15-20)23(22(27)31-2,24-18-6-4-3-5-7-18)21(26)16-8-12-19(13-9-16)25(28)29/h3-15,21,24,26H,1-2H3. The summed E-state index contributed by atoms with van der Waals surface area (Å²) in [6.07, 6.45) is -1.44. The average Bonchev–Trinajstić information content (AvgIpc) is 2.82. The summed E-state index contributed by atoms with van der Waals surface area (Å²) in [4.78, 5) is 23.7. The summed E-state index contributed by atoms with van der Waals surface area (Å²) < 4.78 is 10.3. The number of nitrogens with one attached hydrogen (secondary N) is 1. The highest BCUT2D eigenvalue weighted by molar-refractivity contribution is 5.87. The molecule has 0 heterocycles. The molecule has 0 aromatic heterocycles. The van der Waals surface area contributed by atoms with Gasteiger partial charge < -0.3 is 19.9 Å². The quantitative estimate of drug-likeness (QED) is 0.322. The lowest BCUT2D eigenvalue weighted by atomic mass is 9.80. The second-order valence-electron chi connectivity index (χ2n) is 6.77. The van der Waals surface area contributed by atoms with Gasteiger partial charge in [0.15, 0.2) is 5.54 Å². The first-order valence-corrected chi connectivity index (χ1v) is 9.41. The van der Waals surface area contributed by atoms with Crippen LogP contribution in [0.5, 0.6) is 5.75 Å². The van der Waals surface area contributed by atoms with E-state index >= 15 is 0 Å². The number of anilines is 1. The molecule has 0 fully saturated rings. The Hall–Kier alpha value is -3.91. The predicted molar refractivity (Wildman–Crippen MR) is 115 cm³/mol. The molecule has 2 atom stereocenters. The van der Waals surface area contributed by atoms with E-state index in [-0.39, 0.29) is 5.69 Å². The summed E-state index contributed by atoms with van der Waals surface area (Å²) in [6, 6.07) is 20.9. The maximum atomic E-state index is 13.2. The fourth-order valence-electron chi connectivity index (χ4n) is 3.37. The number of nitrogens with zero attached hydrogens (tertiary/aromatic N) is 1. The number of nitro groups is 1. The number of aliphatic hydroxyl groups excluding tert-OH is 1. The van der Waals surface area contributed by atoms with E-state index < -0.39 is 22.5 Å². The van der Waals surface area contributed by atoms with E-state index in [1.165, 1.54) is 38.5 Å². The molecule has 0 aliphatic carbocycles. The fourth-order valence-corrected chi connectivity index (χ4v) is 3.37. The van der Waals surface area contributed by atoms with Crippen LogP contribution in [0.2, 0.25) is 0 Å². The van der Waals surface area contributed by atoms with Crippen molar-refractivity contribution >= 4 is 17.3 Å². The van der Waals surface area contributed by atoms with E-state index in [1.807, 2.05) is 6.07 Å². The van der Waals surface area contributed by atoms with E-state index in [0.29, 0.717) is 22.6 Å². The molecule has 0 spiro atoms. The van der Waals surface area contributed by atoms with Gasteiger partial charge >= 0.3 is 5.97 Å². The minimum Gasteiger partial charge on any atom is -0.497 e. The van der Waals surface area contributed by atoms with Crippen LogP contribution in [0.1, 0.15) is 17.2 Å². The van der Waals surface area contributed by atoms with Crippen molar-refractivity contribution in [1.29, 1.82) is 0 Å². The Kier molecular flexibility index (Phi) is 6.52. The molecular formula is C23H22N2O6. The molecule has 31 heavy (non-hydrogen) atoms. The summed E-state index contributed by atoms with van der Waals surface area (Å²) in [7, 11) is 2.76. The predicted octanol–water partition coefficient (Wildman–Crippen LogP) is 3.82. The number of non-ortho nitro benzene ring substituents is 1. The summed E-state index contributed by atoms with van der Waals surface area (Å²) >= 11 is 0. The van der Waals surface area contributed by atoms with Gasteiger partial charge in [0.05, 0.1) is 19.1 Å². The van der Waals surface area contributed by atoms with Crippen LogP contribution in [-0.2, 0) is 15.1 Å². The van der Waals surface area contributed by atoms with Crippen LogP contribution in [0.25, 0.3) is 0 Å². The second-order valence-corrected chi connectivity index (χ2v) is 6.77. The first-order valence-electron chi connectivity index (χ1n) is 9.41. The molecule has 8 heteroatoms. The Morgan fingerprint density at radius 2 is 1.61 bits per heavy atom. The van der Waals surface area contributed by atoms with Gasteiger partial charge in [-0.1, -0.05) is 30.3 Å². The maximum absolute atomic E-state index is 13.2. The van der Waals surface area contributed by atoms with E-state index in [0.717, 1.165) is 0 Å². The van der Waals surface area contributed by atoms with E-state index in [4.69, 9.17) is 9.47 Å². The van der Waals surface area contributed by atoms with Gasteiger partial charge in [-0.2, -0.15) is 0 Å². The van der Waals surface area contributed by atoms with Crippen LogP contribution in [0.15, 0.2) is 78.9 Å². The molecule has 0 saturated carbocycles. The normalized spacial score (nSPS) is 13.5. The van der Waals surface area contributed by atoms with Gasteiger partial charge in [-0.15, -0.1) is 0 Å². The third-order valence-electron chi connectivity index (χ3n) is 5.00. The molecule has 3 aromatic carbocycles. The smallest absolute Gasteiger partial charge is 0.339 e. The topological polar surface area (TPSA) is 111 Å². The van der Waals surface area contributed by atoms with Gasteiger partial charge in [0.25, 0.3) is 5.69 Å². The van der Waals surface area contributed by atoms with Crippen molar-refractivity contribution in [1.82, 2.24) is 0 Å². The molecule has 8 nitrogen and oxygen atoms in total. The van der Waals surface area contributed by atoms with Crippen LogP contribution in [0.4, 0.5) is 11.4 Å². The molecule has 0 bridgehead atoms. The van der Waals surface area contributed by atoms with E-state index in [9.17, 15) is 20.0 Å². The lowest BCUT2D eigenvalue weighted by molar-refractivity contribution is -0.384. The molecule has 0 aliphatic heterocycles. The summed E-state index contributed by atoms with van der Waals surface area (Å²) in [5.74, 6) is -0.153. The minimum atomic E-state index is -1.74. The molecule has 0 saturated heterocycles. The summed E-state index contributed by atoms with van der Waals surface area (Å²) in [5.41, 5.74) is -0.562. The number of carbonyl (C=O) groups excluding carboxylic acids is 1. The number of carbonyl (C=O) groups is 1. The number of aliphatic hydroxyl groups is 1. The zero-order valence-electron chi connectivity index (χ0n) is 17.0. The molecule has 3 aromatic rings. The zero-order chi connectivity index (χ0) is 22.4. The second kappa shape index (κ2) is 9.27. The number of ether oxygens (including phenoxy) is 2. The van der Waals surface area contributed by atoms with Gasteiger partial charge in [-0.3, -0.25) is 10.1 Å². The number of rotatable bonds is 8. The largest absolute Gasteiger partial charge is 0.497 e. The number of para-hydroxylation sites is 1. The zero-order valence-corrected chi connectivity index (χ0v) is 17.0. The first-order chi connectivity index (χ1) is 14.9. The Balaban J connectivity index is 2.18. The lowest BCUT2D eigenvalue weighted by Crippen LogP contribution is -2.49. The highest BCUT2D eigenvalue weighted by Crippen LogP contribution is 2.40. The van der Waals surface area contributed by atoms with Crippen molar-refractivity contribution in [2.45, 2.75) is 11.6 Å². The summed E-state index contributed by atoms with van der Waals surface area (Å²) in [6.45, 7) is 0. The van der Waals surface area contributed by atoms with Crippen LogP contribution in [-0.4, -0.2) is 30.2 Å². The van der Waals surface area contributed by atoms with Crippen molar-refractivity contribution in [2.24, 2.45) is 0 Å². The molecular weight excluding hydrogens is 400 g/mol. The van der Waals surface area contributed by atoms with Crippen LogP contribution >= 0.6 is 0 Å². The summed E-state index contributed by atoms with van der Waals surface area (Å²) in [5, 5.41) is 25.6. The lowest BCUT2D eigenvalue weighted by Gasteiger charge is -2.37. The van der Waals surface area contributed by atoms with E-state index in [2.05, 4.69) is 5.32 Å². The number of hydrogen-bond acceptors (Lipinski definition) is 7. The van der Waals surface area contributed by atoms with E-state index in [1.54, 1.807) is 48.5 Å². The number of benzene rings is 3. The average molecular weight is 422 g/mol. The molecule has 2 unspecified atom stereocenters. The van der Waals surface area contributed by atoms with Crippen molar-refractivity contribution in [2.75, 3.05) is 19.5 Å².